The van der Waals surface area contributed by atoms with Gasteiger partial charge in [0.2, 0.25) is 0 Å². The molecule has 4 N–H and O–H groups in total. The van der Waals surface area contributed by atoms with E-state index in [1.165, 1.54) is 18.5 Å². The zero-order valence-electron chi connectivity index (χ0n) is 8.92. The van der Waals surface area contributed by atoms with E-state index in [4.69, 9.17) is 5.73 Å². The maximum atomic E-state index is 6.23. The first-order valence-electron chi connectivity index (χ1n) is 5.83. The molecule has 0 spiro atoms. The van der Waals surface area contributed by atoms with E-state index in [9.17, 15) is 0 Å². The summed E-state index contributed by atoms with van der Waals surface area (Å²) in [7, 11) is 0. The van der Waals surface area contributed by atoms with Gasteiger partial charge in [0.05, 0.1) is 5.54 Å². The van der Waals surface area contributed by atoms with Crippen LogP contribution in [0.3, 0.4) is 0 Å². The number of aromatic nitrogens is 2. The van der Waals surface area contributed by atoms with Crippen LogP contribution < -0.4 is 11.1 Å². The average molecular weight is 206 g/mol. The van der Waals surface area contributed by atoms with Crippen molar-refractivity contribution in [2.24, 2.45) is 5.73 Å². The van der Waals surface area contributed by atoms with Crippen LogP contribution in [-0.4, -0.2) is 23.1 Å². The normalized spacial score (nSPS) is 29.0. The van der Waals surface area contributed by atoms with E-state index in [0.717, 1.165) is 31.8 Å². The molecule has 0 aromatic carbocycles. The Labute approximate surface area is 89.7 Å². The fourth-order valence-corrected chi connectivity index (χ4v) is 2.51. The van der Waals surface area contributed by atoms with Crippen molar-refractivity contribution in [3.63, 3.8) is 0 Å². The van der Waals surface area contributed by atoms with Crippen LogP contribution in [0.25, 0.3) is 0 Å². The Morgan fingerprint density at radius 1 is 1.47 bits per heavy atom. The third kappa shape index (κ3) is 1.48. The van der Waals surface area contributed by atoms with Gasteiger partial charge in [0.1, 0.15) is 5.82 Å². The lowest BCUT2D eigenvalue weighted by molar-refractivity contribution is 0.239. The second-order valence-corrected chi connectivity index (χ2v) is 4.89. The summed E-state index contributed by atoms with van der Waals surface area (Å²) in [6.07, 6.45) is 6.56. The summed E-state index contributed by atoms with van der Waals surface area (Å²) in [5, 5.41) is 3.37. The van der Waals surface area contributed by atoms with Gasteiger partial charge >= 0.3 is 0 Å². The summed E-state index contributed by atoms with van der Waals surface area (Å²) >= 11 is 0. The highest BCUT2D eigenvalue weighted by Crippen LogP contribution is 2.37. The van der Waals surface area contributed by atoms with Crippen molar-refractivity contribution in [3.8, 4) is 0 Å². The van der Waals surface area contributed by atoms with Crippen LogP contribution >= 0.6 is 0 Å². The van der Waals surface area contributed by atoms with Gasteiger partial charge in [-0.1, -0.05) is 0 Å². The molecule has 1 aliphatic heterocycles. The van der Waals surface area contributed by atoms with Gasteiger partial charge in [0.15, 0.2) is 0 Å². The standard InChI is InChI=1S/C11H18N4/c12-11(3-1-4-11)10-14-7-9(15-10)8-2-5-13-6-8/h7-8,13H,1-6,12H2,(H,14,15). The zero-order chi connectivity index (χ0) is 10.3. The number of aromatic amines is 1. The lowest BCUT2D eigenvalue weighted by Gasteiger charge is -2.36. The average Bonchev–Trinajstić information content (AvgIpc) is 2.84. The Bertz CT molecular complexity index is 347. The summed E-state index contributed by atoms with van der Waals surface area (Å²) in [6, 6.07) is 0. The number of rotatable bonds is 2. The quantitative estimate of drug-likeness (QED) is 0.671. The number of nitrogens with zero attached hydrogens (tertiary/aromatic N) is 1. The fraction of sp³-hybridized carbons (Fsp3) is 0.727. The van der Waals surface area contributed by atoms with Crippen molar-refractivity contribution in [1.82, 2.24) is 15.3 Å². The van der Waals surface area contributed by atoms with Crippen LogP contribution in [0.5, 0.6) is 0 Å². The minimum absolute atomic E-state index is 0.149. The molecule has 1 aromatic rings. The topological polar surface area (TPSA) is 66.7 Å². The van der Waals surface area contributed by atoms with Gasteiger partial charge in [-0.25, -0.2) is 4.98 Å². The van der Waals surface area contributed by atoms with Gasteiger partial charge in [0, 0.05) is 24.4 Å². The summed E-state index contributed by atoms with van der Waals surface area (Å²) in [6.45, 7) is 2.19. The SMILES string of the molecule is NC1(c2ncc(C3CCNC3)[nH]2)CCC1. The van der Waals surface area contributed by atoms with E-state index in [1.807, 2.05) is 6.20 Å². The van der Waals surface area contributed by atoms with E-state index in [-0.39, 0.29) is 5.54 Å². The summed E-state index contributed by atoms with van der Waals surface area (Å²) < 4.78 is 0. The van der Waals surface area contributed by atoms with E-state index in [0.29, 0.717) is 5.92 Å². The number of hydrogen-bond acceptors (Lipinski definition) is 3. The predicted octanol–water partition coefficient (Wildman–Crippen LogP) is 0.824. The molecule has 4 nitrogen and oxygen atoms in total. The van der Waals surface area contributed by atoms with Gasteiger partial charge in [-0.3, -0.25) is 0 Å². The Morgan fingerprint density at radius 3 is 2.93 bits per heavy atom. The van der Waals surface area contributed by atoms with Crippen LogP contribution in [0, 0.1) is 0 Å². The van der Waals surface area contributed by atoms with Crippen molar-refractivity contribution in [2.45, 2.75) is 37.1 Å². The number of nitrogens with one attached hydrogen (secondary N) is 2. The molecular weight excluding hydrogens is 188 g/mol. The summed E-state index contributed by atoms with van der Waals surface area (Å²) in [5.41, 5.74) is 7.33. The number of hydrogen-bond donors (Lipinski definition) is 3. The van der Waals surface area contributed by atoms with E-state index >= 15 is 0 Å². The van der Waals surface area contributed by atoms with Crippen molar-refractivity contribution >= 4 is 0 Å². The van der Waals surface area contributed by atoms with Crippen LogP contribution in [-0.2, 0) is 5.54 Å². The van der Waals surface area contributed by atoms with Gasteiger partial charge in [0.25, 0.3) is 0 Å². The Kier molecular flexibility index (Phi) is 2.07. The smallest absolute Gasteiger partial charge is 0.126 e. The molecule has 1 unspecified atom stereocenters. The predicted molar refractivity (Wildman–Crippen MR) is 58.5 cm³/mol. The minimum atomic E-state index is -0.149. The van der Waals surface area contributed by atoms with Crippen LogP contribution in [0.4, 0.5) is 0 Å². The largest absolute Gasteiger partial charge is 0.344 e. The van der Waals surface area contributed by atoms with Gasteiger partial charge in [-0.2, -0.15) is 0 Å². The molecule has 4 heteroatoms. The van der Waals surface area contributed by atoms with Crippen LogP contribution in [0.2, 0.25) is 0 Å². The zero-order valence-corrected chi connectivity index (χ0v) is 8.92. The highest BCUT2D eigenvalue weighted by Gasteiger charge is 2.37. The van der Waals surface area contributed by atoms with Crippen LogP contribution in [0.15, 0.2) is 6.20 Å². The molecular formula is C11H18N4. The molecule has 15 heavy (non-hydrogen) atoms. The van der Waals surface area contributed by atoms with Gasteiger partial charge in [-0.05, 0) is 32.2 Å². The maximum absolute atomic E-state index is 6.23. The molecule has 2 fully saturated rings. The molecule has 1 saturated carbocycles. The molecule has 2 aliphatic rings. The van der Waals surface area contributed by atoms with Crippen LogP contribution in [0.1, 0.15) is 43.1 Å². The molecule has 0 radical (unpaired) electrons. The highest BCUT2D eigenvalue weighted by molar-refractivity contribution is 5.17. The molecule has 1 saturated heterocycles. The molecule has 1 aliphatic carbocycles. The minimum Gasteiger partial charge on any atom is -0.344 e. The first kappa shape index (κ1) is 9.36. The van der Waals surface area contributed by atoms with E-state index in [1.54, 1.807) is 0 Å². The second kappa shape index (κ2) is 3.32. The lowest BCUT2D eigenvalue weighted by Crippen LogP contribution is -2.44. The number of H-pyrrole nitrogens is 1. The molecule has 2 heterocycles. The third-order valence-electron chi connectivity index (χ3n) is 3.81. The monoisotopic (exact) mass is 206 g/mol. The Balaban J connectivity index is 1.80. The Morgan fingerprint density at radius 2 is 2.33 bits per heavy atom. The van der Waals surface area contributed by atoms with Gasteiger partial charge in [-0.15, -0.1) is 0 Å². The van der Waals surface area contributed by atoms with Crippen molar-refractivity contribution in [3.05, 3.63) is 17.7 Å². The first-order valence-corrected chi connectivity index (χ1v) is 5.83. The van der Waals surface area contributed by atoms with Crippen molar-refractivity contribution < 1.29 is 0 Å². The van der Waals surface area contributed by atoms with E-state index < -0.39 is 0 Å². The molecule has 82 valence electrons. The van der Waals surface area contributed by atoms with Crippen molar-refractivity contribution in [1.29, 1.82) is 0 Å². The molecule has 0 bridgehead atoms. The second-order valence-electron chi connectivity index (χ2n) is 4.89. The Hall–Kier alpha value is -0.870. The molecule has 3 rings (SSSR count). The fourth-order valence-electron chi connectivity index (χ4n) is 2.51. The number of nitrogens with two attached hydrogens (primary N) is 1. The maximum Gasteiger partial charge on any atom is 0.126 e. The van der Waals surface area contributed by atoms with E-state index in [2.05, 4.69) is 15.3 Å². The molecule has 1 aromatic heterocycles. The lowest BCUT2D eigenvalue weighted by atomic mass is 9.77. The first-order chi connectivity index (χ1) is 7.28. The molecule has 0 amide bonds. The van der Waals surface area contributed by atoms with Crippen molar-refractivity contribution in [2.75, 3.05) is 13.1 Å². The molecule has 1 atom stereocenters. The number of imidazole rings is 1. The summed E-state index contributed by atoms with van der Waals surface area (Å²) in [5.74, 6) is 1.60. The third-order valence-corrected chi connectivity index (χ3v) is 3.81. The summed E-state index contributed by atoms with van der Waals surface area (Å²) in [4.78, 5) is 7.87. The highest BCUT2D eigenvalue weighted by atomic mass is 15.0. The van der Waals surface area contributed by atoms with Gasteiger partial charge < -0.3 is 16.0 Å².